The molecule has 0 aliphatic carbocycles. The fourth-order valence-corrected chi connectivity index (χ4v) is 2.16. The van der Waals surface area contributed by atoms with Crippen molar-refractivity contribution >= 4 is 11.6 Å². The van der Waals surface area contributed by atoms with Crippen LogP contribution in [-0.2, 0) is 17.9 Å². The Morgan fingerprint density at radius 1 is 1.04 bits per heavy atom. The second kappa shape index (κ2) is 8.39. The minimum Gasteiger partial charge on any atom is -0.326 e. The molecule has 1 amide bonds. The van der Waals surface area contributed by atoms with E-state index >= 15 is 0 Å². The van der Waals surface area contributed by atoms with Gasteiger partial charge in [-0.15, -0.1) is 0 Å². The Kier molecular flexibility index (Phi) is 6.23. The number of carbonyl (C=O) groups is 1. The van der Waals surface area contributed by atoms with Crippen molar-refractivity contribution in [3.8, 4) is 0 Å². The van der Waals surface area contributed by atoms with Gasteiger partial charge in [0.1, 0.15) is 11.6 Å². The number of hydrogen-bond donors (Lipinski definition) is 2. The molecule has 0 saturated carbocycles. The molecule has 2 rings (SSSR count). The molecule has 0 aliphatic heterocycles. The van der Waals surface area contributed by atoms with E-state index in [4.69, 9.17) is 0 Å². The van der Waals surface area contributed by atoms with E-state index in [0.717, 1.165) is 23.7 Å². The summed E-state index contributed by atoms with van der Waals surface area (Å²) in [5.74, 6) is -1.12. The number of benzene rings is 2. The highest BCUT2D eigenvalue weighted by atomic mass is 19.1. The molecule has 23 heavy (non-hydrogen) atoms. The number of carbonyl (C=O) groups excluding carboxylic acids is 1. The summed E-state index contributed by atoms with van der Waals surface area (Å²) in [4.78, 5) is 11.5. The third-order valence-corrected chi connectivity index (χ3v) is 3.37. The van der Waals surface area contributed by atoms with Crippen molar-refractivity contribution in [3.63, 3.8) is 0 Å². The van der Waals surface area contributed by atoms with Crippen LogP contribution in [0.4, 0.5) is 14.5 Å². The molecule has 0 saturated heterocycles. The highest BCUT2D eigenvalue weighted by Crippen LogP contribution is 2.12. The zero-order valence-electron chi connectivity index (χ0n) is 13.0. The molecule has 2 N–H and O–H groups in total. The van der Waals surface area contributed by atoms with E-state index < -0.39 is 11.6 Å². The van der Waals surface area contributed by atoms with Gasteiger partial charge in [0.05, 0.1) is 0 Å². The molecule has 0 aromatic heterocycles. The molecule has 0 heterocycles. The lowest BCUT2D eigenvalue weighted by Gasteiger charge is -2.08. The van der Waals surface area contributed by atoms with Gasteiger partial charge in [0.2, 0.25) is 5.91 Å². The molecule has 0 atom stereocenters. The van der Waals surface area contributed by atoms with Gasteiger partial charge in [-0.2, -0.15) is 0 Å². The largest absolute Gasteiger partial charge is 0.326 e. The summed E-state index contributed by atoms with van der Waals surface area (Å²) >= 11 is 0. The van der Waals surface area contributed by atoms with Gasteiger partial charge in [-0.05, 0) is 30.2 Å². The van der Waals surface area contributed by atoms with Crippen LogP contribution in [0.15, 0.2) is 42.5 Å². The fraction of sp³-hybridized carbons (Fsp3) is 0.278. The summed E-state index contributed by atoms with van der Waals surface area (Å²) in [6.07, 6.45) is 1.32. The Bertz CT molecular complexity index is 657. The molecular weight excluding hydrogens is 298 g/mol. The van der Waals surface area contributed by atoms with Crippen LogP contribution in [0.5, 0.6) is 0 Å². The Balaban J connectivity index is 1.83. The molecule has 0 bridgehead atoms. The summed E-state index contributed by atoms with van der Waals surface area (Å²) in [5, 5.41) is 5.93. The van der Waals surface area contributed by atoms with Crippen molar-refractivity contribution in [2.45, 2.75) is 32.9 Å². The van der Waals surface area contributed by atoms with Crippen LogP contribution in [0.25, 0.3) is 0 Å². The van der Waals surface area contributed by atoms with Crippen LogP contribution in [0, 0.1) is 11.6 Å². The summed E-state index contributed by atoms with van der Waals surface area (Å²) < 4.78 is 26.3. The van der Waals surface area contributed by atoms with Crippen molar-refractivity contribution in [1.29, 1.82) is 0 Å². The van der Waals surface area contributed by atoms with Crippen molar-refractivity contribution in [3.05, 3.63) is 65.2 Å². The lowest BCUT2D eigenvalue weighted by atomic mass is 10.1. The van der Waals surface area contributed by atoms with Crippen LogP contribution < -0.4 is 10.6 Å². The molecule has 122 valence electrons. The Morgan fingerprint density at radius 3 is 2.43 bits per heavy atom. The molecular formula is C18H20F2N2O. The lowest BCUT2D eigenvalue weighted by Crippen LogP contribution is -2.14. The van der Waals surface area contributed by atoms with Gasteiger partial charge in [0.15, 0.2) is 0 Å². The molecule has 0 radical (unpaired) electrons. The van der Waals surface area contributed by atoms with E-state index in [1.165, 1.54) is 12.1 Å². The normalized spacial score (nSPS) is 10.6. The van der Waals surface area contributed by atoms with Crippen LogP contribution in [0.2, 0.25) is 0 Å². The van der Waals surface area contributed by atoms with Crippen molar-refractivity contribution in [1.82, 2.24) is 5.32 Å². The topological polar surface area (TPSA) is 41.1 Å². The first-order valence-electron chi connectivity index (χ1n) is 7.62. The molecule has 5 heteroatoms. The van der Waals surface area contributed by atoms with Crippen molar-refractivity contribution < 1.29 is 13.6 Å². The van der Waals surface area contributed by atoms with E-state index in [1.807, 2.05) is 31.2 Å². The molecule has 0 aliphatic rings. The maximum absolute atomic E-state index is 13.5. The van der Waals surface area contributed by atoms with Gasteiger partial charge in [0, 0.05) is 36.8 Å². The van der Waals surface area contributed by atoms with Crippen LogP contribution in [0.1, 0.15) is 30.9 Å². The third kappa shape index (κ3) is 5.45. The van der Waals surface area contributed by atoms with Gasteiger partial charge in [-0.1, -0.05) is 25.1 Å². The maximum atomic E-state index is 13.5. The Labute approximate surface area is 134 Å². The molecule has 0 fully saturated rings. The number of halogens is 2. The standard InChI is InChI=1S/C18H20F2N2O/c1-2-3-18(23)22-16-8-4-13(5-9-16)11-21-12-14-6-7-15(19)10-17(14)20/h4-10,21H,2-3,11-12H2,1H3,(H,22,23). The maximum Gasteiger partial charge on any atom is 0.224 e. The van der Waals surface area contributed by atoms with Gasteiger partial charge in [-0.25, -0.2) is 8.78 Å². The molecule has 0 spiro atoms. The first kappa shape index (κ1) is 17.1. The molecule has 0 unspecified atom stereocenters. The number of hydrogen-bond acceptors (Lipinski definition) is 2. The van der Waals surface area contributed by atoms with Crippen molar-refractivity contribution in [2.75, 3.05) is 5.32 Å². The predicted molar refractivity (Wildman–Crippen MR) is 86.9 cm³/mol. The second-order valence-electron chi connectivity index (χ2n) is 5.33. The van der Waals surface area contributed by atoms with E-state index in [9.17, 15) is 13.6 Å². The van der Waals surface area contributed by atoms with Gasteiger partial charge in [-0.3, -0.25) is 4.79 Å². The van der Waals surface area contributed by atoms with Gasteiger partial charge in [0.25, 0.3) is 0 Å². The molecule has 2 aromatic rings. The summed E-state index contributed by atoms with van der Waals surface area (Å²) in [6.45, 7) is 2.83. The molecule has 2 aromatic carbocycles. The van der Waals surface area contributed by atoms with Crippen LogP contribution >= 0.6 is 0 Å². The lowest BCUT2D eigenvalue weighted by molar-refractivity contribution is -0.116. The van der Waals surface area contributed by atoms with E-state index in [1.54, 1.807) is 0 Å². The van der Waals surface area contributed by atoms with E-state index in [-0.39, 0.29) is 5.91 Å². The predicted octanol–water partition coefficient (Wildman–Crippen LogP) is 3.99. The number of amides is 1. The fourth-order valence-electron chi connectivity index (χ4n) is 2.16. The average Bonchev–Trinajstić information content (AvgIpc) is 2.51. The quantitative estimate of drug-likeness (QED) is 0.810. The first-order valence-corrected chi connectivity index (χ1v) is 7.62. The summed E-state index contributed by atoms with van der Waals surface area (Å²) in [7, 11) is 0. The van der Waals surface area contributed by atoms with Gasteiger partial charge >= 0.3 is 0 Å². The van der Waals surface area contributed by atoms with Crippen molar-refractivity contribution in [2.24, 2.45) is 0 Å². The zero-order chi connectivity index (χ0) is 16.7. The van der Waals surface area contributed by atoms with E-state index in [2.05, 4.69) is 10.6 Å². The first-order chi connectivity index (χ1) is 11.1. The number of nitrogens with one attached hydrogen (secondary N) is 2. The Morgan fingerprint density at radius 2 is 1.78 bits per heavy atom. The highest BCUT2D eigenvalue weighted by molar-refractivity contribution is 5.90. The second-order valence-corrected chi connectivity index (χ2v) is 5.33. The number of anilines is 1. The SMILES string of the molecule is CCCC(=O)Nc1ccc(CNCc2ccc(F)cc2F)cc1. The Hall–Kier alpha value is -2.27. The highest BCUT2D eigenvalue weighted by Gasteiger charge is 2.04. The third-order valence-electron chi connectivity index (χ3n) is 3.37. The van der Waals surface area contributed by atoms with Gasteiger partial charge < -0.3 is 10.6 Å². The van der Waals surface area contributed by atoms with E-state index in [0.29, 0.717) is 25.1 Å². The van der Waals surface area contributed by atoms with Crippen LogP contribution in [0.3, 0.4) is 0 Å². The monoisotopic (exact) mass is 318 g/mol. The van der Waals surface area contributed by atoms with Crippen LogP contribution in [-0.4, -0.2) is 5.91 Å². The minimum atomic E-state index is -0.577. The minimum absolute atomic E-state index is 0.00478. The molecule has 3 nitrogen and oxygen atoms in total. The average molecular weight is 318 g/mol. The summed E-state index contributed by atoms with van der Waals surface area (Å²) in [6, 6.07) is 11.0. The number of rotatable bonds is 7. The zero-order valence-corrected chi connectivity index (χ0v) is 13.0. The summed E-state index contributed by atoms with van der Waals surface area (Å²) in [5.41, 5.74) is 2.20. The smallest absolute Gasteiger partial charge is 0.224 e.